The fourth-order valence-electron chi connectivity index (χ4n) is 1.55. The van der Waals surface area contributed by atoms with E-state index in [-0.39, 0.29) is 11.8 Å². The molecule has 0 unspecified atom stereocenters. The first-order valence-corrected chi connectivity index (χ1v) is 6.37. The van der Waals surface area contributed by atoms with Gasteiger partial charge < -0.3 is 20.9 Å². The van der Waals surface area contributed by atoms with Crippen molar-refractivity contribution in [3.63, 3.8) is 0 Å². The van der Waals surface area contributed by atoms with Crippen molar-refractivity contribution in [1.82, 2.24) is 15.5 Å². The van der Waals surface area contributed by atoms with Crippen LogP contribution in [-0.2, 0) is 0 Å². The third-order valence-electron chi connectivity index (χ3n) is 2.56. The monoisotopic (exact) mass is 294 g/mol. The SMILES string of the molecule is CNC(=O)c1cc(NC(=S)NC)cc(C(=O)N(C)C)c1. The highest BCUT2D eigenvalue weighted by molar-refractivity contribution is 7.80. The third kappa shape index (κ3) is 3.92. The van der Waals surface area contributed by atoms with Gasteiger partial charge >= 0.3 is 0 Å². The van der Waals surface area contributed by atoms with E-state index in [1.807, 2.05) is 0 Å². The predicted octanol–water partition coefficient (Wildman–Crippen LogP) is 0.664. The lowest BCUT2D eigenvalue weighted by molar-refractivity contribution is 0.0827. The molecule has 0 fully saturated rings. The summed E-state index contributed by atoms with van der Waals surface area (Å²) in [4.78, 5) is 25.2. The number of benzene rings is 1. The highest BCUT2D eigenvalue weighted by Gasteiger charge is 2.14. The zero-order valence-corrected chi connectivity index (χ0v) is 12.7. The lowest BCUT2D eigenvalue weighted by Crippen LogP contribution is -2.26. The van der Waals surface area contributed by atoms with E-state index in [0.717, 1.165) is 0 Å². The first kappa shape index (κ1) is 15.9. The molecule has 1 aromatic rings. The second kappa shape index (κ2) is 6.85. The zero-order chi connectivity index (χ0) is 15.3. The van der Waals surface area contributed by atoms with Crippen LogP contribution in [0.3, 0.4) is 0 Å². The normalized spacial score (nSPS) is 9.60. The lowest BCUT2D eigenvalue weighted by Gasteiger charge is -2.14. The molecule has 0 heterocycles. The fraction of sp³-hybridized carbons (Fsp3) is 0.308. The Bertz CT molecular complexity index is 543. The number of hydrogen-bond acceptors (Lipinski definition) is 3. The molecule has 108 valence electrons. The van der Waals surface area contributed by atoms with E-state index in [9.17, 15) is 9.59 Å². The molecule has 0 saturated heterocycles. The molecular formula is C13H18N4O2S. The van der Waals surface area contributed by atoms with Crippen molar-refractivity contribution >= 4 is 34.8 Å². The summed E-state index contributed by atoms with van der Waals surface area (Å²) in [5.41, 5.74) is 1.38. The van der Waals surface area contributed by atoms with Crippen molar-refractivity contribution in [3.8, 4) is 0 Å². The van der Waals surface area contributed by atoms with Gasteiger partial charge in [-0.05, 0) is 30.4 Å². The molecular weight excluding hydrogens is 276 g/mol. The molecule has 0 spiro atoms. The molecule has 20 heavy (non-hydrogen) atoms. The number of amides is 2. The van der Waals surface area contributed by atoms with Crippen molar-refractivity contribution in [2.24, 2.45) is 0 Å². The molecule has 2 amide bonds. The molecule has 1 aromatic carbocycles. The Morgan fingerprint density at radius 2 is 1.65 bits per heavy atom. The number of rotatable bonds is 3. The van der Waals surface area contributed by atoms with Gasteiger partial charge in [0.25, 0.3) is 11.8 Å². The number of anilines is 1. The first-order chi connectivity index (χ1) is 9.38. The molecule has 0 bridgehead atoms. The van der Waals surface area contributed by atoms with Gasteiger partial charge in [-0.25, -0.2) is 0 Å². The van der Waals surface area contributed by atoms with Crippen LogP contribution in [0.25, 0.3) is 0 Å². The largest absolute Gasteiger partial charge is 0.366 e. The average Bonchev–Trinajstić information content (AvgIpc) is 2.44. The Kier molecular flexibility index (Phi) is 5.45. The molecule has 6 nitrogen and oxygen atoms in total. The van der Waals surface area contributed by atoms with Gasteiger partial charge in [0.1, 0.15) is 0 Å². The summed E-state index contributed by atoms with van der Waals surface area (Å²) >= 11 is 5.02. The summed E-state index contributed by atoms with van der Waals surface area (Å²) in [6, 6.07) is 4.84. The summed E-state index contributed by atoms with van der Waals surface area (Å²) in [7, 11) is 6.53. The van der Waals surface area contributed by atoms with Gasteiger partial charge in [-0.15, -0.1) is 0 Å². The molecule has 0 aromatic heterocycles. The van der Waals surface area contributed by atoms with Gasteiger partial charge in [-0.2, -0.15) is 0 Å². The van der Waals surface area contributed by atoms with E-state index in [4.69, 9.17) is 12.2 Å². The van der Waals surface area contributed by atoms with Crippen molar-refractivity contribution in [3.05, 3.63) is 29.3 Å². The van der Waals surface area contributed by atoms with Crippen LogP contribution >= 0.6 is 12.2 Å². The van der Waals surface area contributed by atoms with Gasteiger partial charge in [0.2, 0.25) is 0 Å². The summed E-state index contributed by atoms with van der Waals surface area (Å²) < 4.78 is 0. The Morgan fingerprint density at radius 3 is 2.15 bits per heavy atom. The van der Waals surface area contributed by atoms with Crippen LogP contribution in [-0.4, -0.2) is 50.0 Å². The Labute approximate surface area is 123 Å². The van der Waals surface area contributed by atoms with Crippen LogP contribution < -0.4 is 16.0 Å². The van der Waals surface area contributed by atoms with Crippen LogP contribution in [0.2, 0.25) is 0 Å². The maximum Gasteiger partial charge on any atom is 0.253 e. The van der Waals surface area contributed by atoms with Crippen molar-refractivity contribution in [1.29, 1.82) is 0 Å². The number of nitrogens with one attached hydrogen (secondary N) is 3. The first-order valence-electron chi connectivity index (χ1n) is 5.96. The third-order valence-corrected chi connectivity index (χ3v) is 2.87. The van der Waals surface area contributed by atoms with Crippen molar-refractivity contribution in [2.45, 2.75) is 0 Å². The minimum absolute atomic E-state index is 0.186. The molecule has 0 atom stereocenters. The predicted molar refractivity (Wildman–Crippen MR) is 83.1 cm³/mol. The van der Waals surface area contributed by atoms with E-state index >= 15 is 0 Å². The average molecular weight is 294 g/mol. The van der Waals surface area contributed by atoms with Crippen LogP contribution in [0.4, 0.5) is 5.69 Å². The van der Waals surface area contributed by atoms with Gasteiger partial charge in [0, 0.05) is 45.0 Å². The summed E-state index contributed by atoms with van der Waals surface area (Å²) in [5, 5.41) is 8.62. The number of thiocarbonyl (C=S) groups is 1. The second-order valence-corrected chi connectivity index (χ2v) is 4.69. The van der Waals surface area contributed by atoms with Crippen molar-refractivity contribution < 1.29 is 9.59 Å². The van der Waals surface area contributed by atoms with E-state index in [2.05, 4.69) is 16.0 Å². The summed E-state index contributed by atoms with van der Waals surface area (Å²) in [6.45, 7) is 0. The highest BCUT2D eigenvalue weighted by Crippen LogP contribution is 2.16. The second-order valence-electron chi connectivity index (χ2n) is 4.28. The van der Waals surface area contributed by atoms with Crippen LogP contribution in [0.5, 0.6) is 0 Å². The molecule has 7 heteroatoms. The molecule has 0 aliphatic rings. The van der Waals surface area contributed by atoms with Gasteiger partial charge in [-0.3, -0.25) is 9.59 Å². The Hall–Kier alpha value is -2.15. The fourth-order valence-corrected chi connectivity index (χ4v) is 1.67. The molecule has 0 aliphatic carbocycles. The molecule has 1 rings (SSSR count). The number of nitrogens with zero attached hydrogens (tertiary/aromatic N) is 1. The van der Waals surface area contributed by atoms with E-state index in [0.29, 0.717) is 21.9 Å². The standard InChI is InChI=1S/C13H18N4O2S/c1-14-11(18)8-5-9(12(19)17(3)4)7-10(6-8)16-13(20)15-2/h5-7H,1-4H3,(H,14,18)(H2,15,16,20). The van der Waals surface area contributed by atoms with E-state index in [1.165, 1.54) is 11.9 Å². The quantitative estimate of drug-likeness (QED) is 0.714. The van der Waals surface area contributed by atoms with Crippen LogP contribution in [0.15, 0.2) is 18.2 Å². The summed E-state index contributed by atoms with van der Waals surface area (Å²) in [6.07, 6.45) is 0. The minimum atomic E-state index is -0.267. The molecule has 0 aliphatic heterocycles. The minimum Gasteiger partial charge on any atom is -0.366 e. The highest BCUT2D eigenvalue weighted by atomic mass is 32.1. The zero-order valence-electron chi connectivity index (χ0n) is 11.9. The molecule has 0 radical (unpaired) electrons. The van der Waals surface area contributed by atoms with E-state index < -0.39 is 0 Å². The van der Waals surface area contributed by atoms with Gasteiger partial charge in [0.15, 0.2) is 5.11 Å². The van der Waals surface area contributed by atoms with Gasteiger partial charge in [0.05, 0.1) is 0 Å². The number of carbonyl (C=O) groups is 2. The van der Waals surface area contributed by atoms with Crippen LogP contribution in [0.1, 0.15) is 20.7 Å². The van der Waals surface area contributed by atoms with Crippen molar-refractivity contribution in [2.75, 3.05) is 33.5 Å². The summed E-state index contributed by atoms with van der Waals surface area (Å²) in [5.74, 6) is -0.453. The van der Waals surface area contributed by atoms with Crippen LogP contribution in [0, 0.1) is 0 Å². The van der Waals surface area contributed by atoms with Gasteiger partial charge in [-0.1, -0.05) is 0 Å². The Morgan fingerprint density at radius 1 is 1.05 bits per heavy atom. The molecule has 3 N–H and O–H groups in total. The van der Waals surface area contributed by atoms with E-state index in [1.54, 1.807) is 39.3 Å². The lowest BCUT2D eigenvalue weighted by atomic mass is 10.1. The number of carbonyl (C=O) groups excluding carboxylic acids is 2. The topological polar surface area (TPSA) is 73.5 Å². The maximum atomic E-state index is 12.0. The molecule has 0 saturated carbocycles. The number of hydrogen-bond donors (Lipinski definition) is 3. The smallest absolute Gasteiger partial charge is 0.253 e. The maximum absolute atomic E-state index is 12.0. The Balaban J connectivity index is 3.24.